The Hall–Kier alpha value is -2.07. The monoisotopic (exact) mass is 299 g/mol. The van der Waals surface area contributed by atoms with Gasteiger partial charge in [0.15, 0.2) is 0 Å². The highest BCUT2D eigenvalue weighted by Gasteiger charge is 2.24. The van der Waals surface area contributed by atoms with Gasteiger partial charge in [-0.3, -0.25) is 4.31 Å². The molecule has 0 fully saturated rings. The maximum absolute atomic E-state index is 12.6. The van der Waals surface area contributed by atoms with Gasteiger partial charge >= 0.3 is 0 Å². The van der Waals surface area contributed by atoms with Crippen LogP contribution >= 0.6 is 0 Å². The maximum Gasteiger partial charge on any atom is 0.263 e. The average molecular weight is 299 g/mol. The SMILES string of the molecule is O=S(=O)(c1ccccc1)N1C=C(c2ccccc2)CCC1. The second-order valence-corrected chi connectivity index (χ2v) is 6.94. The van der Waals surface area contributed by atoms with Gasteiger partial charge in [-0.2, -0.15) is 0 Å². The van der Waals surface area contributed by atoms with Gasteiger partial charge in [0, 0.05) is 12.7 Å². The van der Waals surface area contributed by atoms with Crippen molar-refractivity contribution >= 4 is 15.6 Å². The highest BCUT2D eigenvalue weighted by molar-refractivity contribution is 7.89. The largest absolute Gasteiger partial charge is 0.273 e. The number of sulfonamides is 1. The third-order valence-electron chi connectivity index (χ3n) is 3.62. The Morgan fingerprint density at radius 1 is 0.857 bits per heavy atom. The van der Waals surface area contributed by atoms with Gasteiger partial charge in [-0.15, -0.1) is 0 Å². The molecule has 0 radical (unpaired) electrons. The first-order chi connectivity index (χ1) is 10.2. The molecule has 3 nitrogen and oxygen atoms in total. The molecule has 0 N–H and O–H groups in total. The van der Waals surface area contributed by atoms with Gasteiger partial charge in [-0.25, -0.2) is 8.42 Å². The molecular weight excluding hydrogens is 282 g/mol. The number of hydrogen-bond donors (Lipinski definition) is 0. The lowest BCUT2D eigenvalue weighted by Gasteiger charge is -2.26. The van der Waals surface area contributed by atoms with Crippen molar-refractivity contribution < 1.29 is 8.42 Å². The second kappa shape index (κ2) is 5.74. The van der Waals surface area contributed by atoms with Gasteiger partial charge in [-0.1, -0.05) is 48.5 Å². The van der Waals surface area contributed by atoms with Crippen LogP contribution in [0.3, 0.4) is 0 Å². The summed E-state index contributed by atoms with van der Waals surface area (Å²) in [4.78, 5) is 0.343. The summed E-state index contributed by atoms with van der Waals surface area (Å²) in [6.07, 6.45) is 3.53. The summed E-state index contributed by atoms with van der Waals surface area (Å²) in [7, 11) is -3.45. The minimum atomic E-state index is -3.45. The lowest BCUT2D eigenvalue weighted by molar-refractivity contribution is 0.480. The number of hydrogen-bond acceptors (Lipinski definition) is 2. The Morgan fingerprint density at radius 2 is 1.48 bits per heavy atom. The van der Waals surface area contributed by atoms with Crippen molar-refractivity contribution in [3.63, 3.8) is 0 Å². The zero-order chi connectivity index (χ0) is 14.7. The van der Waals surface area contributed by atoms with Crippen LogP contribution in [0, 0.1) is 0 Å². The summed E-state index contributed by atoms with van der Waals surface area (Å²) >= 11 is 0. The van der Waals surface area contributed by atoms with Gasteiger partial charge in [-0.05, 0) is 36.1 Å². The first kappa shape index (κ1) is 13.9. The lowest BCUT2D eigenvalue weighted by atomic mass is 10.0. The first-order valence-electron chi connectivity index (χ1n) is 7.01. The Labute approximate surface area is 125 Å². The van der Waals surface area contributed by atoms with Crippen LogP contribution in [0.4, 0.5) is 0 Å². The van der Waals surface area contributed by atoms with Crippen LogP contribution in [0.25, 0.3) is 5.57 Å². The van der Waals surface area contributed by atoms with Crippen LogP contribution < -0.4 is 0 Å². The molecule has 108 valence electrons. The molecule has 0 unspecified atom stereocenters. The number of allylic oxidation sites excluding steroid dienone is 1. The fourth-order valence-electron chi connectivity index (χ4n) is 2.52. The average Bonchev–Trinajstić information content (AvgIpc) is 2.57. The smallest absolute Gasteiger partial charge is 0.263 e. The van der Waals surface area contributed by atoms with Crippen LogP contribution in [0.15, 0.2) is 71.8 Å². The van der Waals surface area contributed by atoms with Crippen molar-refractivity contribution in [1.82, 2.24) is 4.31 Å². The van der Waals surface area contributed by atoms with Gasteiger partial charge in [0.05, 0.1) is 4.90 Å². The van der Waals surface area contributed by atoms with Gasteiger partial charge in [0.25, 0.3) is 10.0 Å². The van der Waals surface area contributed by atoms with E-state index in [0.29, 0.717) is 11.4 Å². The molecule has 1 heterocycles. The van der Waals surface area contributed by atoms with Crippen LogP contribution in [-0.2, 0) is 10.0 Å². The van der Waals surface area contributed by atoms with Crippen molar-refractivity contribution in [3.8, 4) is 0 Å². The Bertz CT molecular complexity index is 737. The molecule has 0 atom stereocenters. The molecule has 0 spiro atoms. The standard InChI is InChI=1S/C17H17NO2S/c19-21(20,17-11-5-2-6-12-17)18-13-7-10-16(14-18)15-8-3-1-4-9-15/h1-6,8-9,11-12,14H,7,10,13H2. The van der Waals surface area contributed by atoms with Crippen molar-refractivity contribution in [2.75, 3.05) is 6.54 Å². The van der Waals surface area contributed by atoms with E-state index >= 15 is 0 Å². The van der Waals surface area contributed by atoms with Crippen LogP contribution in [0.5, 0.6) is 0 Å². The molecule has 1 aliphatic rings. The van der Waals surface area contributed by atoms with E-state index in [2.05, 4.69) is 0 Å². The Balaban J connectivity index is 1.96. The molecular formula is C17H17NO2S. The summed E-state index contributed by atoms with van der Waals surface area (Å²) < 4.78 is 26.8. The highest BCUT2D eigenvalue weighted by atomic mass is 32.2. The van der Waals surface area contributed by atoms with Gasteiger partial charge in [0.1, 0.15) is 0 Å². The molecule has 0 saturated carbocycles. The van der Waals surface area contributed by atoms with Crippen molar-refractivity contribution in [1.29, 1.82) is 0 Å². The highest BCUT2D eigenvalue weighted by Crippen LogP contribution is 2.28. The van der Waals surface area contributed by atoms with Crippen LogP contribution in [-0.4, -0.2) is 19.3 Å². The van der Waals surface area contributed by atoms with E-state index in [-0.39, 0.29) is 0 Å². The zero-order valence-corrected chi connectivity index (χ0v) is 12.5. The van der Waals surface area contributed by atoms with E-state index < -0.39 is 10.0 Å². The van der Waals surface area contributed by atoms with E-state index in [1.165, 1.54) is 4.31 Å². The van der Waals surface area contributed by atoms with E-state index in [1.807, 2.05) is 36.4 Å². The number of rotatable bonds is 3. The van der Waals surface area contributed by atoms with Gasteiger partial charge in [0.2, 0.25) is 0 Å². The normalized spacial score (nSPS) is 15.6. The van der Waals surface area contributed by atoms with Crippen LogP contribution in [0.2, 0.25) is 0 Å². The third kappa shape index (κ3) is 2.85. The number of nitrogens with zero attached hydrogens (tertiary/aromatic N) is 1. The summed E-state index contributed by atoms with van der Waals surface area (Å²) in [5, 5.41) is 0. The predicted molar refractivity (Wildman–Crippen MR) is 84.0 cm³/mol. The summed E-state index contributed by atoms with van der Waals surface area (Å²) in [6, 6.07) is 18.5. The first-order valence-corrected chi connectivity index (χ1v) is 8.45. The quantitative estimate of drug-likeness (QED) is 0.869. The molecule has 2 aromatic carbocycles. The van der Waals surface area contributed by atoms with Gasteiger partial charge < -0.3 is 0 Å². The fraction of sp³-hybridized carbons (Fsp3) is 0.176. The molecule has 0 aromatic heterocycles. The molecule has 0 saturated heterocycles. The van der Waals surface area contributed by atoms with Crippen molar-refractivity contribution in [2.45, 2.75) is 17.7 Å². The fourth-order valence-corrected chi connectivity index (χ4v) is 3.92. The predicted octanol–water partition coefficient (Wildman–Crippen LogP) is 3.51. The Kier molecular flexibility index (Phi) is 3.80. The summed E-state index contributed by atoms with van der Waals surface area (Å²) in [5.41, 5.74) is 2.16. The maximum atomic E-state index is 12.6. The molecule has 0 amide bonds. The molecule has 0 bridgehead atoms. The van der Waals surface area contributed by atoms with Crippen LogP contribution in [0.1, 0.15) is 18.4 Å². The van der Waals surface area contributed by atoms with E-state index in [4.69, 9.17) is 0 Å². The molecule has 4 heteroatoms. The molecule has 2 aromatic rings. The minimum Gasteiger partial charge on any atom is -0.273 e. The topological polar surface area (TPSA) is 37.4 Å². The molecule has 3 rings (SSSR count). The minimum absolute atomic E-state index is 0.343. The molecule has 21 heavy (non-hydrogen) atoms. The zero-order valence-electron chi connectivity index (χ0n) is 11.6. The van der Waals surface area contributed by atoms with Crippen molar-refractivity contribution in [3.05, 3.63) is 72.4 Å². The summed E-state index contributed by atoms with van der Waals surface area (Å²) in [5.74, 6) is 0. The Morgan fingerprint density at radius 3 is 2.14 bits per heavy atom. The molecule has 1 aliphatic heterocycles. The van der Waals surface area contributed by atoms with E-state index in [9.17, 15) is 8.42 Å². The second-order valence-electron chi connectivity index (χ2n) is 5.05. The lowest BCUT2D eigenvalue weighted by Crippen LogP contribution is -2.29. The molecule has 0 aliphatic carbocycles. The number of benzene rings is 2. The van der Waals surface area contributed by atoms with Crippen molar-refractivity contribution in [2.24, 2.45) is 0 Å². The van der Waals surface area contributed by atoms with E-state index in [0.717, 1.165) is 24.0 Å². The van der Waals surface area contributed by atoms with E-state index in [1.54, 1.807) is 30.5 Å². The third-order valence-corrected chi connectivity index (χ3v) is 5.39. The summed E-state index contributed by atoms with van der Waals surface area (Å²) in [6.45, 7) is 0.535.